The molecule has 4 rings (SSSR count). The molecule has 0 N–H and O–H groups in total. The molecule has 1 aliphatic carbocycles. The van der Waals surface area contributed by atoms with Gasteiger partial charge in [-0.3, -0.25) is 4.98 Å². The highest BCUT2D eigenvalue weighted by atomic mass is 32.2. The van der Waals surface area contributed by atoms with E-state index in [1.807, 2.05) is 11.8 Å². The van der Waals surface area contributed by atoms with Crippen molar-refractivity contribution >= 4 is 17.3 Å². The van der Waals surface area contributed by atoms with Crippen molar-refractivity contribution in [3.05, 3.63) is 65.7 Å². The highest BCUT2D eigenvalue weighted by Crippen LogP contribution is 2.39. The molecule has 2 aromatic rings. The lowest BCUT2D eigenvalue weighted by molar-refractivity contribution is 0.0786. The van der Waals surface area contributed by atoms with Crippen LogP contribution in [-0.4, -0.2) is 23.4 Å². The maximum atomic E-state index is 13.3. The van der Waals surface area contributed by atoms with Gasteiger partial charge in [0.25, 0.3) is 0 Å². The molecule has 0 atom stereocenters. The van der Waals surface area contributed by atoms with Gasteiger partial charge in [-0.05, 0) is 61.4 Å². The van der Waals surface area contributed by atoms with Gasteiger partial charge in [0, 0.05) is 28.9 Å². The molecule has 130 valence electrons. The number of ether oxygens (including phenoxy) is 1. The van der Waals surface area contributed by atoms with Crippen LogP contribution in [0.15, 0.2) is 53.6 Å². The van der Waals surface area contributed by atoms with E-state index in [-0.39, 0.29) is 5.82 Å². The molecule has 0 unspecified atom stereocenters. The first-order valence-corrected chi connectivity index (χ1v) is 9.84. The van der Waals surface area contributed by atoms with E-state index < -0.39 is 0 Å². The number of allylic oxidation sites excluding steroid dienone is 1. The lowest BCUT2D eigenvalue weighted by Gasteiger charge is -2.20. The van der Waals surface area contributed by atoms with Gasteiger partial charge in [0.2, 0.25) is 0 Å². The number of rotatable bonds is 5. The second-order valence-electron chi connectivity index (χ2n) is 6.73. The van der Waals surface area contributed by atoms with Crippen LogP contribution in [0.25, 0.3) is 5.57 Å². The number of halogens is 1. The minimum absolute atomic E-state index is 0.301. The summed E-state index contributed by atoms with van der Waals surface area (Å²) in [6.45, 7) is 1.62. The van der Waals surface area contributed by atoms with Crippen molar-refractivity contribution in [2.24, 2.45) is 5.92 Å². The van der Waals surface area contributed by atoms with Crippen LogP contribution in [0.5, 0.6) is 0 Å². The number of hydrogen-bond donors (Lipinski definition) is 0. The normalized spacial score (nSPS) is 19.2. The Morgan fingerprint density at radius 3 is 2.44 bits per heavy atom. The van der Waals surface area contributed by atoms with E-state index in [1.54, 1.807) is 6.07 Å². The fraction of sp³-hybridized carbons (Fsp3) is 0.381. The maximum Gasteiger partial charge on any atom is 0.141 e. The molecule has 1 saturated heterocycles. The van der Waals surface area contributed by atoms with Crippen molar-refractivity contribution < 1.29 is 9.13 Å². The van der Waals surface area contributed by atoms with Gasteiger partial charge >= 0.3 is 0 Å². The highest BCUT2D eigenvalue weighted by Gasteiger charge is 2.22. The van der Waals surface area contributed by atoms with Gasteiger partial charge < -0.3 is 4.74 Å². The standard InChI is InChI=1S/C21H22FNOS/c22-17-3-8-21(23-14-17)20(13-15-9-11-24-12-10-15)16-1-4-18(5-2-16)25-19-6-7-19/h1-5,8,13-15,19H,6-7,9-12H2/b20-13+. The maximum absolute atomic E-state index is 13.3. The van der Waals surface area contributed by atoms with Crippen LogP contribution in [0.1, 0.15) is 36.9 Å². The SMILES string of the molecule is Fc1ccc(/C(=C/C2CCOCC2)c2ccc(SC3CC3)cc2)nc1. The number of pyridine rings is 1. The van der Waals surface area contributed by atoms with Gasteiger partial charge in [0.05, 0.1) is 11.9 Å². The van der Waals surface area contributed by atoms with Gasteiger partial charge in [-0.1, -0.05) is 18.2 Å². The quantitative estimate of drug-likeness (QED) is 0.723. The van der Waals surface area contributed by atoms with Crippen molar-refractivity contribution in [2.75, 3.05) is 13.2 Å². The molecule has 2 fully saturated rings. The molecule has 0 radical (unpaired) electrons. The van der Waals surface area contributed by atoms with Gasteiger partial charge in [-0.15, -0.1) is 11.8 Å². The zero-order valence-electron chi connectivity index (χ0n) is 14.2. The molecule has 0 amide bonds. The second kappa shape index (κ2) is 7.71. The molecule has 2 heterocycles. The van der Waals surface area contributed by atoms with Gasteiger partial charge in [0.1, 0.15) is 5.82 Å². The number of thioether (sulfide) groups is 1. The van der Waals surface area contributed by atoms with Crippen LogP contribution in [0, 0.1) is 11.7 Å². The summed E-state index contributed by atoms with van der Waals surface area (Å²) in [5.41, 5.74) is 3.07. The van der Waals surface area contributed by atoms with E-state index in [1.165, 1.54) is 30.0 Å². The van der Waals surface area contributed by atoms with Crippen LogP contribution >= 0.6 is 11.8 Å². The van der Waals surface area contributed by atoms with Gasteiger partial charge in [-0.2, -0.15) is 0 Å². The average Bonchev–Trinajstić information content (AvgIpc) is 3.46. The smallest absolute Gasteiger partial charge is 0.141 e. The van der Waals surface area contributed by atoms with Crippen LogP contribution in [0.3, 0.4) is 0 Å². The summed E-state index contributed by atoms with van der Waals surface area (Å²) >= 11 is 1.96. The Morgan fingerprint density at radius 2 is 1.80 bits per heavy atom. The van der Waals surface area contributed by atoms with Crippen molar-refractivity contribution in [1.29, 1.82) is 0 Å². The van der Waals surface area contributed by atoms with Crippen molar-refractivity contribution in [1.82, 2.24) is 4.98 Å². The Kier molecular flexibility index (Phi) is 5.18. The van der Waals surface area contributed by atoms with E-state index in [0.717, 1.165) is 48.1 Å². The fourth-order valence-corrected chi connectivity index (χ4v) is 4.12. The topological polar surface area (TPSA) is 22.1 Å². The van der Waals surface area contributed by atoms with E-state index in [2.05, 4.69) is 35.3 Å². The number of benzene rings is 1. The molecule has 1 saturated carbocycles. The molecule has 25 heavy (non-hydrogen) atoms. The monoisotopic (exact) mass is 355 g/mol. The third-order valence-corrected chi connectivity index (χ3v) is 6.01. The lowest BCUT2D eigenvalue weighted by Crippen LogP contribution is -2.14. The second-order valence-corrected chi connectivity index (χ2v) is 8.11. The first-order valence-electron chi connectivity index (χ1n) is 8.96. The van der Waals surface area contributed by atoms with Crippen molar-refractivity contribution in [2.45, 2.75) is 35.8 Å². The zero-order valence-corrected chi connectivity index (χ0v) is 15.0. The van der Waals surface area contributed by atoms with Crippen molar-refractivity contribution in [3.63, 3.8) is 0 Å². The summed E-state index contributed by atoms with van der Waals surface area (Å²) in [6.07, 6.45) is 8.32. The molecule has 0 bridgehead atoms. The predicted octanol–water partition coefficient (Wildman–Crippen LogP) is 5.33. The summed E-state index contributed by atoms with van der Waals surface area (Å²) in [5.74, 6) is 0.182. The minimum Gasteiger partial charge on any atom is -0.381 e. The Morgan fingerprint density at radius 1 is 1.04 bits per heavy atom. The molecule has 1 aliphatic heterocycles. The summed E-state index contributed by atoms with van der Waals surface area (Å²) in [7, 11) is 0. The molecule has 1 aromatic carbocycles. The zero-order chi connectivity index (χ0) is 17.1. The molecular formula is C21H22FNOS. The van der Waals surface area contributed by atoms with E-state index in [4.69, 9.17) is 4.74 Å². The van der Waals surface area contributed by atoms with E-state index in [0.29, 0.717) is 5.92 Å². The van der Waals surface area contributed by atoms with Crippen LogP contribution in [-0.2, 0) is 4.74 Å². The summed E-state index contributed by atoms with van der Waals surface area (Å²) in [6, 6.07) is 12.0. The van der Waals surface area contributed by atoms with Crippen molar-refractivity contribution in [3.8, 4) is 0 Å². The van der Waals surface area contributed by atoms with Gasteiger partial charge in [-0.25, -0.2) is 4.39 Å². The first-order chi connectivity index (χ1) is 12.3. The predicted molar refractivity (Wildman–Crippen MR) is 100 cm³/mol. The third-order valence-electron chi connectivity index (χ3n) is 4.66. The average molecular weight is 355 g/mol. The minimum atomic E-state index is -0.301. The molecule has 4 heteroatoms. The summed E-state index contributed by atoms with van der Waals surface area (Å²) in [5, 5.41) is 0.807. The van der Waals surface area contributed by atoms with Crippen LogP contribution < -0.4 is 0 Å². The third kappa shape index (κ3) is 4.50. The number of hydrogen-bond acceptors (Lipinski definition) is 3. The molecule has 1 aromatic heterocycles. The molecular weight excluding hydrogens is 333 g/mol. The van der Waals surface area contributed by atoms with Crippen LogP contribution in [0.2, 0.25) is 0 Å². The van der Waals surface area contributed by atoms with Gasteiger partial charge in [0.15, 0.2) is 0 Å². The molecule has 2 nitrogen and oxygen atoms in total. The summed E-state index contributed by atoms with van der Waals surface area (Å²) in [4.78, 5) is 5.64. The number of aromatic nitrogens is 1. The van der Waals surface area contributed by atoms with Crippen LogP contribution in [0.4, 0.5) is 4.39 Å². The summed E-state index contributed by atoms with van der Waals surface area (Å²) < 4.78 is 18.8. The Balaban J connectivity index is 1.63. The highest BCUT2D eigenvalue weighted by molar-refractivity contribution is 8.00. The Labute approximate surface area is 152 Å². The first kappa shape index (κ1) is 16.8. The fourth-order valence-electron chi connectivity index (χ4n) is 3.07. The molecule has 2 aliphatic rings. The lowest BCUT2D eigenvalue weighted by atomic mass is 9.92. The Hall–Kier alpha value is -1.65. The van der Waals surface area contributed by atoms with E-state index >= 15 is 0 Å². The molecule has 0 spiro atoms. The Bertz CT molecular complexity index is 731. The number of nitrogens with zero attached hydrogens (tertiary/aromatic N) is 1. The van der Waals surface area contributed by atoms with E-state index in [9.17, 15) is 4.39 Å². The largest absolute Gasteiger partial charge is 0.381 e.